The lowest BCUT2D eigenvalue weighted by Crippen LogP contribution is -2.17. The van der Waals surface area contributed by atoms with Crippen LogP contribution in [0.1, 0.15) is 78.4 Å². The Kier molecular flexibility index (Phi) is 3.71. The summed E-state index contributed by atoms with van der Waals surface area (Å²) in [4.78, 5) is 0. The van der Waals surface area contributed by atoms with Gasteiger partial charge in [0.15, 0.2) is 0 Å². The van der Waals surface area contributed by atoms with Crippen LogP contribution >= 0.6 is 0 Å². The minimum Gasteiger partial charge on any atom is -0.217 e. The van der Waals surface area contributed by atoms with Gasteiger partial charge in [-0.1, -0.05) is 13.8 Å². The van der Waals surface area contributed by atoms with Crippen molar-refractivity contribution in [1.82, 2.24) is 0 Å². The minimum atomic E-state index is 0.0604. The molecule has 17 heavy (non-hydrogen) atoms. The van der Waals surface area contributed by atoms with Crippen LogP contribution < -0.4 is 0 Å². The van der Waals surface area contributed by atoms with Crippen molar-refractivity contribution in [1.29, 1.82) is 0 Å². The van der Waals surface area contributed by atoms with Crippen molar-refractivity contribution >= 4 is 0 Å². The second-order valence-electron chi connectivity index (χ2n) is 7.27. The Morgan fingerprint density at radius 3 is 1.41 bits per heavy atom. The Morgan fingerprint density at radius 1 is 0.824 bits per heavy atom. The van der Waals surface area contributed by atoms with E-state index < -0.39 is 0 Å². The Bertz CT molecular complexity index is 357. The molecule has 1 heteroatoms. The molecule has 0 aliphatic carbocycles. The second-order valence-corrected chi connectivity index (χ2v) is 7.27. The molecule has 1 aromatic rings. The van der Waals surface area contributed by atoms with Gasteiger partial charge in [0.1, 0.15) is 0 Å². The van der Waals surface area contributed by atoms with Crippen LogP contribution in [0.4, 0.5) is 0 Å². The Hall–Kier alpha value is -0.850. The highest BCUT2D eigenvalue weighted by Crippen LogP contribution is 2.32. The largest absolute Gasteiger partial charge is 0.334 e. The molecule has 1 rings (SSSR count). The molecule has 0 amide bonds. The minimum absolute atomic E-state index is 0.0604. The molecule has 0 saturated heterocycles. The van der Waals surface area contributed by atoms with Gasteiger partial charge in [-0.2, -0.15) is 0 Å². The highest BCUT2D eigenvalue weighted by Gasteiger charge is 2.33. The molecule has 0 aromatic carbocycles. The number of hydrogen-bond donors (Lipinski definition) is 0. The van der Waals surface area contributed by atoms with Gasteiger partial charge in [0.05, 0.1) is 10.8 Å². The van der Waals surface area contributed by atoms with Crippen molar-refractivity contribution in [3.05, 3.63) is 29.2 Å². The summed E-state index contributed by atoms with van der Waals surface area (Å²) >= 11 is 0. The van der Waals surface area contributed by atoms with Crippen molar-refractivity contribution in [2.24, 2.45) is 0 Å². The van der Waals surface area contributed by atoms with Crippen molar-refractivity contribution in [3.63, 3.8) is 0 Å². The first-order valence-corrected chi connectivity index (χ1v) is 6.51. The van der Waals surface area contributed by atoms with Gasteiger partial charge in [-0.25, -0.2) is 4.42 Å². The lowest BCUT2D eigenvalue weighted by Gasteiger charge is -2.16. The van der Waals surface area contributed by atoms with E-state index in [1.807, 2.05) is 0 Å². The summed E-state index contributed by atoms with van der Waals surface area (Å²) in [6, 6.07) is 4.42. The van der Waals surface area contributed by atoms with E-state index in [0.29, 0.717) is 5.92 Å². The van der Waals surface area contributed by atoms with Crippen LogP contribution in [0.3, 0.4) is 0 Å². The summed E-state index contributed by atoms with van der Waals surface area (Å²) in [5.41, 5.74) is 1.49. The Labute approximate surface area is 106 Å². The van der Waals surface area contributed by atoms with Crippen LogP contribution in [0, 0.1) is 0 Å². The molecule has 0 aliphatic heterocycles. The smallest absolute Gasteiger partial charge is 0.217 e. The van der Waals surface area contributed by atoms with Crippen LogP contribution in [0.15, 0.2) is 16.5 Å². The standard InChI is InChI=1S/C16H27O/c1-11(2)12-9-13(15(3,4)5)17-14(10-12)16(6,7)8/h9-11H,1-8H3/q+1. The average molecular weight is 235 g/mol. The lowest BCUT2D eigenvalue weighted by molar-refractivity contribution is 0.327. The monoisotopic (exact) mass is 235 g/mol. The topological polar surface area (TPSA) is 11.3 Å². The van der Waals surface area contributed by atoms with E-state index in [1.54, 1.807) is 0 Å². The maximum absolute atomic E-state index is 6.10. The first kappa shape index (κ1) is 14.2. The predicted octanol–water partition coefficient (Wildman–Crippen LogP) is 5.28. The lowest BCUT2D eigenvalue weighted by atomic mass is 9.87. The van der Waals surface area contributed by atoms with Crippen LogP contribution in [0.2, 0.25) is 0 Å². The fourth-order valence-electron chi connectivity index (χ4n) is 1.59. The van der Waals surface area contributed by atoms with Gasteiger partial charge in [0.2, 0.25) is 0 Å². The van der Waals surface area contributed by atoms with E-state index in [0.717, 1.165) is 11.5 Å². The first-order valence-electron chi connectivity index (χ1n) is 6.51. The predicted molar refractivity (Wildman–Crippen MR) is 74.6 cm³/mol. The van der Waals surface area contributed by atoms with E-state index in [4.69, 9.17) is 4.42 Å². The molecule has 1 aromatic heterocycles. The molecular formula is C16H27O+. The van der Waals surface area contributed by atoms with E-state index in [2.05, 4.69) is 67.5 Å². The molecule has 96 valence electrons. The third-order valence-electron chi connectivity index (χ3n) is 2.96. The summed E-state index contributed by atoms with van der Waals surface area (Å²) in [7, 11) is 0. The summed E-state index contributed by atoms with van der Waals surface area (Å²) in [6.45, 7) is 17.6. The molecule has 0 fully saturated rings. The maximum atomic E-state index is 6.10. The van der Waals surface area contributed by atoms with Gasteiger partial charge in [0.25, 0.3) is 0 Å². The molecule has 0 spiro atoms. The quantitative estimate of drug-likeness (QED) is 0.603. The second kappa shape index (κ2) is 4.44. The third kappa shape index (κ3) is 3.55. The van der Waals surface area contributed by atoms with Crippen molar-refractivity contribution in [3.8, 4) is 0 Å². The summed E-state index contributed by atoms with van der Waals surface area (Å²) in [5, 5.41) is 0. The molecule has 1 heterocycles. The molecule has 0 saturated carbocycles. The SMILES string of the molecule is CC(C)c1cc(C(C)(C)C)[o+]c(C(C)(C)C)c1. The van der Waals surface area contributed by atoms with Crippen molar-refractivity contribution in [2.45, 2.75) is 72.1 Å². The van der Waals surface area contributed by atoms with E-state index >= 15 is 0 Å². The average Bonchev–Trinajstić information content (AvgIpc) is 2.14. The van der Waals surface area contributed by atoms with Gasteiger partial charge in [0, 0.05) is 12.1 Å². The fraction of sp³-hybridized carbons (Fsp3) is 0.688. The molecular weight excluding hydrogens is 208 g/mol. The molecule has 0 atom stereocenters. The number of rotatable bonds is 1. The van der Waals surface area contributed by atoms with Crippen LogP contribution in [0.25, 0.3) is 0 Å². The van der Waals surface area contributed by atoms with Crippen LogP contribution in [-0.4, -0.2) is 0 Å². The van der Waals surface area contributed by atoms with E-state index in [-0.39, 0.29) is 10.8 Å². The van der Waals surface area contributed by atoms with Crippen molar-refractivity contribution < 1.29 is 4.42 Å². The highest BCUT2D eigenvalue weighted by molar-refractivity contribution is 5.27. The molecule has 0 unspecified atom stereocenters. The van der Waals surface area contributed by atoms with Gasteiger partial charge in [-0.15, -0.1) is 0 Å². The van der Waals surface area contributed by atoms with E-state index in [1.165, 1.54) is 5.56 Å². The molecule has 1 nitrogen and oxygen atoms in total. The highest BCUT2D eigenvalue weighted by atomic mass is 16.3. The Balaban J connectivity index is 3.40. The Morgan fingerprint density at radius 2 is 1.18 bits per heavy atom. The van der Waals surface area contributed by atoms with Crippen LogP contribution in [0.5, 0.6) is 0 Å². The van der Waals surface area contributed by atoms with Gasteiger partial charge in [-0.05, 0) is 53.0 Å². The fourth-order valence-corrected chi connectivity index (χ4v) is 1.59. The molecule has 0 radical (unpaired) electrons. The zero-order valence-corrected chi connectivity index (χ0v) is 12.6. The number of hydrogen-bond acceptors (Lipinski definition) is 0. The van der Waals surface area contributed by atoms with Gasteiger partial charge in [-0.3, -0.25) is 0 Å². The maximum Gasteiger partial charge on any atom is 0.334 e. The molecule has 0 bridgehead atoms. The third-order valence-corrected chi connectivity index (χ3v) is 2.96. The summed E-state index contributed by atoms with van der Waals surface area (Å²) < 4.78 is 6.10. The summed E-state index contributed by atoms with van der Waals surface area (Å²) in [5.74, 6) is 2.69. The van der Waals surface area contributed by atoms with Gasteiger partial charge < -0.3 is 0 Å². The van der Waals surface area contributed by atoms with Crippen LogP contribution in [-0.2, 0) is 10.8 Å². The van der Waals surface area contributed by atoms with E-state index in [9.17, 15) is 0 Å². The van der Waals surface area contributed by atoms with Crippen molar-refractivity contribution in [2.75, 3.05) is 0 Å². The zero-order chi connectivity index (χ0) is 13.4. The van der Waals surface area contributed by atoms with Gasteiger partial charge >= 0.3 is 11.5 Å². The zero-order valence-electron chi connectivity index (χ0n) is 12.6. The normalized spacial score (nSPS) is 13.2. The molecule has 0 N–H and O–H groups in total. The summed E-state index contributed by atoms with van der Waals surface area (Å²) in [6.07, 6.45) is 0. The first-order chi connectivity index (χ1) is 7.51. The molecule has 0 aliphatic rings.